The van der Waals surface area contributed by atoms with Crippen LogP contribution in [0.5, 0.6) is 0 Å². The normalized spacial score (nSPS) is 10.1. The SMILES string of the molecule is CCN(C(=O)Nc1cccc(N)c1)c1ccc(F)cc1. The molecule has 3 N–H and O–H groups in total. The van der Waals surface area contributed by atoms with Crippen LogP contribution in [0.15, 0.2) is 48.5 Å². The Hall–Kier alpha value is -2.56. The van der Waals surface area contributed by atoms with Gasteiger partial charge < -0.3 is 11.1 Å². The molecule has 0 aliphatic heterocycles. The van der Waals surface area contributed by atoms with Crippen LogP contribution in [-0.4, -0.2) is 12.6 Å². The van der Waals surface area contributed by atoms with Gasteiger partial charge in [-0.2, -0.15) is 0 Å². The van der Waals surface area contributed by atoms with Crippen molar-refractivity contribution in [2.75, 3.05) is 22.5 Å². The topological polar surface area (TPSA) is 58.4 Å². The molecule has 0 atom stereocenters. The fourth-order valence-corrected chi connectivity index (χ4v) is 1.87. The average molecular weight is 273 g/mol. The molecule has 0 saturated carbocycles. The lowest BCUT2D eigenvalue weighted by molar-refractivity contribution is 0.257. The lowest BCUT2D eigenvalue weighted by Crippen LogP contribution is -2.34. The van der Waals surface area contributed by atoms with Crippen LogP contribution in [-0.2, 0) is 0 Å². The highest BCUT2D eigenvalue weighted by Crippen LogP contribution is 2.17. The molecule has 0 aliphatic carbocycles. The fraction of sp³-hybridized carbons (Fsp3) is 0.133. The van der Waals surface area contributed by atoms with Gasteiger partial charge in [-0.3, -0.25) is 4.90 Å². The first-order valence-corrected chi connectivity index (χ1v) is 6.30. The van der Waals surface area contributed by atoms with E-state index in [-0.39, 0.29) is 11.8 Å². The Kier molecular flexibility index (Phi) is 4.20. The smallest absolute Gasteiger partial charge is 0.326 e. The summed E-state index contributed by atoms with van der Waals surface area (Å²) in [6.07, 6.45) is 0. The van der Waals surface area contributed by atoms with Crippen molar-refractivity contribution in [3.63, 3.8) is 0 Å². The van der Waals surface area contributed by atoms with Gasteiger partial charge >= 0.3 is 6.03 Å². The van der Waals surface area contributed by atoms with Gasteiger partial charge in [-0.05, 0) is 49.4 Å². The maximum Gasteiger partial charge on any atom is 0.326 e. The monoisotopic (exact) mass is 273 g/mol. The first kappa shape index (κ1) is 13.9. The van der Waals surface area contributed by atoms with Crippen molar-refractivity contribution >= 4 is 23.1 Å². The number of nitrogens with two attached hydrogens (primary N) is 1. The van der Waals surface area contributed by atoms with Crippen LogP contribution in [0.2, 0.25) is 0 Å². The highest BCUT2D eigenvalue weighted by Gasteiger charge is 2.13. The quantitative estimate of drug-likeness (QED) is 0.841. The largest absolute Gasteiger partial charge is 0.399 e. The second kappa shape index (κ2) is 6.06. The number of urea groups is 1. The van der Waals surface area contributed by atoms with Gasteiger partial charge in [0.2, 0.25) is 0 Å². The van der Waals surface area contributed by atoms with Crippen molar-refractivity contribution in [1.82, 2.24) is 0 Å². The molecule has 2 aromatic carbocycles. The molecule has 0 saturated heterocycles. The van der Waals surface area contributed by atoms with Crippen molar-refractivity contribution in [2.45, 2.75) is 6.92 Å². The molecule has 104 valence electrons. The standard InChI is InChI=1S/C15H16FN3O/c1-2-19(14-8-6-11(16)7-9-14)15(20)18-13-5-3-4-12(17)10-13/h3-10H,2,17H2,1H3,(H,18,20). The van der Waals surface area contributed by atoms with Gasteiger partial charge in [0.25, 0.3) is 0 Å². The fourth-order valence-electron chi connectivity index (χ4n) is 1.87. The third-order valence-electron chi connectivity index (χ3n) is 2.84. The van der Waals surface area contributed by atoms with E-state index in [2.05, 4.69) is 5.32 Å². The summed E-state index contributed by atoms with van der Waals surface area (Å²) in [7, 11) is 0. The van der Waals surface area contributed by atoms with Crippen LogP contribution in [0.4, 0.5) is 26.2 Å². The Morgan fingerprint density at radius 1 is 1.25 bits per heavy atom. The lowest BCUT2D eigenvalue weighted by Gasteiger charge is -2.21. The van der Waals surface area contributed by atoms with Crippen LogP contribution in [0.3, 0.4) is 0 Å². The van der Waals surface area contributed by atoms with Crippen molar-refractivity contribution in [2.24, 2.45) is 0 Å². The maximum atomic E-state index is 12.9. The molecule has 0 aliphatic rings. The molecule has 0 radical (unpaired) electrons. The zero-order valence-corrected chi connectivity index (χ0v) is 11.1. The summed E-state index contributed by atoms with van der Waals surface area (Å²) in [6, 6.07) is 12.4. The molecular formula is C15H16FN3O. The molecule has 5 heteroatoms. The van der Waals surface area contributed by atoms with Gasteiger partial charge in [-0.1, -0.05) is 6.07 Å². The summed E-state index contributed by atoms with van der Waals surface area (Å²) in [5.74, 6) is -0.332. The summed E-state index contributed by atoms with van der Waals surface area (Å²) < 4.78 is 12.9. The number of hydrogen-bond acceptors (Lipinski definition) is 2. The second-order valence-corrected chi connectivity index (χ2v) is 4.28. The van der Waals surface area contributed by atoms with E-state index in [0.29, 0.717) is 23.6 Å². The lowest BCUT2D eigenvalue weighted by atomic mass is 10.2. The third kappa shape index (κ3) is 3.26. The molecule has 0 spiro atoms. The van der Waals surface area contributed by atoms with Crippen LogP contribution in [0.25, 0.3) is 0 Å². The van der Waals surface area contributed by atoms with E-state index in [1.807, 2.05) is 6.92 Å². The number of halogens is 1. The van der Waals surface area contributed by atoms with E-state index in [0.717, 1.165) is 0 Å². The summed E-state index contributed by atoms with van der Waals surface area (Å²) in [4.78, 5) is 13.7. The summed E-state index contributed by atoms with van der Waals surface area (Å²) in [6.45, 7) is 2.32. The minimum atomic E-state index is -0.332. The van der Waals surface area contributed by atoms with Gasteiger partial charge in [0.15, 0.2) is 0 Å². The minimum absolute atomic E-state index is 0.287. The van der Waals surface area contributed by atoms with Crippen LogP contribution < -0.4 is 16.0 Å². The highest BCUT2D eigenvalue weighted by molar-refractivity contribution is 6.01. The zero-order chi connectivity index (χ0) is 14.5. The van der Waals surface area contributed by atoms with E-state index >= 15 is 0 Å². The Balaban J connectivity index is 2.15. The third-order valence-corrected chi connectivity index (χ3v) is 2.84. The van der Waals surface area contributed by atoms with E-state index in [9.17, 15) is 9.18 Å². The number of nitrogen functional groups attached to an aromatic ring is 1. The molecule has 0 heterocycles. The maximum absolute atomic E-state index is 12.9. The van der Waals surface area contributed by atoms with Gasteiger partial charge in [0, 0.05) is 23.6 Å². The molecule has 4 nitrogen and oxygen atoms in total. The summed E-state index contributed by atoms with van der Waals surface area (Å²) in [5.41, 5.74) is 7.50. The first-order chi connectivity index (χ1) is 9.60. The molecule has 0 fully saturated rings. The number of carbonyl (C=O) groups is 1. The predicted octanol–water partition coefficient (Wildman–Crippen LogP) is 3.47. The van der Waals surface area contributed by atoms with Gasteiger partial charge in [0.05, 0.1) is 0 Å². The van der Waals surface area contributed by atoms with E-state index in [1.54, 1.807) is 36.4 Å². The van der Waals surface area contributed by atoms with Gasteiger partial charge in [-0.25, -0.2) is 9.18 Å². The number of nitrogens with zero attached hydrogens (tertiary/aromatic N) is 1. The minimum Gasteiger partial charge on any atom is -0.399 e. The second-order valence-electron chi connectivity index (χ2n) is 4.28. The number of anilines is 3. The number of hydrogen-bond donors (Lipinski definition) is 2. The zero-order valence-electron chi connectivity index (χ0n) is 11.1. The Morgan fingerprint density at radius 3 is 2.55 bits per heavy atom. The molecule has 2 aromatic rings. The molecule has 20 heavy (non-hydrogen) atoms. The Labute approximate surface area is 117 Å². The number of carbonyl (C=O) groups excluding carboxylic acids is 1. The molecule has 0 aromatic heterocycles. The molecule has 0 bridgehead atoms. The highest BCUT2D eigenvalue weighted by atomic mass is 19.1. The molecule has 2 rings (SSSR count). The van der Waals surface area contributed by atoms with Crippen molar-refractivity contribution in [3.8, 4) is 0 Å². The van der Waals surface area contributed by atoms with Crippen LogP contribution in [0, 0.1) is 5.82 Å². The number of amides is 2. The van der Waals surface area contributed by atoms with Crippen molar-refractivity contribution in [1.29, 1.82) is 0 Å². The van der Waals surface area contributed by atoms with Crippen LogP contribution in [0.1, 0.15) is 6.92 Å². The molecule has 0 unspecified atom stereocenters. The average Bonchev–Trinajstić information content (AvgIpc) is 2.42. The van der Waals surface area contributed by atoms with E-state index < -0.39 is 0 Å². The molecular weight excluding hydrogens is 257 g/mol. The number of benzene rings is 2. The van der Waals surface area contributed by atoms with Gasteiger partial charge in [0.1, 0.15) is 5.82 Å². The molecule has 2 amide bonds. The Bertz CT molecular complexity index is 598. The van der Waals surface area contributed by atoms with Crippen molar-refractivity contribution in [3.05, 3.63) is 54.3 Å². The van der Waals surface area contributed by atoms with Crippen LogP contribution >= 0.6 is 0 Å². The van der Waals surface area contributed by atoms with Gasteiger partial charge in [-0.15, -0.1) is 0 Å². The van der Waals surface area contributed by atoms with E-state index in [4.69, 9.17) is 5.73 Å². The van der Waals surface area contributed by atoms with E-state index in [1.165, 1.54) is 17.0 Å². The first-order valence-electron chi connectivity index (χ1n) is 6.30. The number of nitrogens with one attached hydrogen (secondary N) is 1. The Morgan fingerprint density at radius 2 is 1.95 bits per heavy atom. The summed E-state index contributed by atoms with van der Waals surface area (Å²) >= 11 is 0. The summed E-state index contributed by atoms with van der Waals surface area (Å²) in [5, 5.41) is 2.76. The van der Waals surface area contributed by atoms with Crippen molar-refractivity contribution < 1.29 is 9.18 Å². The number of rotatable bonds is 3. The predicted molar refractivity (Wildman–Crippen MR) is 79.3 cm³/mol.